The van der Waals surface area contributed by atoms with E-state index in [-0.39, 0.29) is 18.5 Å². The molecule has 0 radical (unpaired) electrons. The summed E-state index contributed by atoms with van der Waals surface area (Å²) in [6, 6.07) is 5.26. The van der Waals surface area contributed by atoms with Gasteiger partial charge in [-0.2, -0.15) is 5.10 Å². The van der Waals surface area contributed by atoms with Crippen molar-refractivity contribution >= 4 is 11.9 Å². The molecule has 2 aromatic rings. The van der Waals surface area contributed by atoms with Crippen LogP contribution in [0.15, 0.2) is 18.2 Å². The SMILES string of the molecule is CCc1nn(CCCOC(=O)c2ccc(C)c(OC)c2)c2c1C(=O)NCCCOCCC2. The number of esters is 1. The maximum Gasteiger partial charge on any atom is 0.338 e. The molecule has 1 aromatic heterocycles. The minimum Gasteiger partial charge on any atom is -0.496 e. The highest BCUT2D eigenvalue weighted by Gasteiger charge is 2.23. The quantitative estimate of drug-likeness (QED) is 0.522. The maximum absolute atomic E-state index is 12.8. The third kappa shape index (κ3) is 5.88. The average Bonchev–Trinajstić information content (AvgIpc) is 3.13. The predicted octanol–water partition coefficient (Wildman–Crippen LogP) is 3.09. The van der Waals surface area contributed by atoms with Crippen LogP contribution in [0.3, 0.4) is 0 Å². The van der Waals surface area contributed by atoms with Gasteiger partial charge in [-0.1, -0.05) is 13.0 Å². The fourth-order valence-electron chi connectivity index (χ4n) is 3.82. The van der Waals surface area contributed by atoms with Gasteiger partial charge in [-0.3, -0.25) is 9.48 Å². The second kappa shape index (κ2) is 11.7. The molecule has 2 heterocycles. The highest BCUT2D eigenvalue weighted by Crippen LogP contribution is 2.20. The number of carbonyl (C=O) groups is 2. The number of benzene rings is 1. The zero-order valence-corrected chi connectivity index (χ0v) is 19.2. The van der Waals surface area contributed by atoms with E-state index in [1.54, 1.807) is 19.2 Å². The Balaban J connectivity index is 1.64. The van der Waals surface area contributed by atoms with E-state index in [2.05, 4.69) is 5.32 Å². The molecule has 0 unspecified atom stereocenters. The van der Waals surface area contributed by atoms with Crippen molar-refractivity contribution in [1.29, 1.82) is 0 Å². The van der Waals surface area contributed by atoms with E-state index in [0.29, 0.717) is 56.0 Å². The molecule has 0 saturated heterocycles. The molecule has 0 saturated carbocycles. The smallest absolute Gasteiger partial charge is 0.338 e. The molecular weight excluding hydrogens is 410 g/mol. The summed E-state index contributed by atoms with van der Waals surface area (Å²) in [6.07, 6.45) is 3.64. The highest BCUT2D eigenvalue weighted by molar-refractivity contribution is 5.96. The predicted molar refractivity (Wildman–Crippen MR) is 120 cm³/mol. The molecule has 0 bridgehead atoms. The van der Waals surface area contributed by atoms with Crippen molar-refractivity contribution in [3.63, 3.8) is 0 Å². The second-order valence-electron chi connectivity index (χ2n) is 7.84. The lowest BCUT2D eigenvalue weighted by molar-refractivity contribution is 0.0494. The van der Waals surface area contributed by atoms with Gasteiger partial charge in [0.15, 0.2) is 0 Å². The molecule has 1 aliphatic rings. The monoisotopic (exact) mass is 443 g/mol. The summed E-state index contributed by atoms with van der Waals surface area (Å²) in [5.74, 6) is 0.213. The van der Waals surface area contributed by atoms with Gasteiger partial charge in [-0.15, -0.1) is 0 Å². The topological polar surface area (TPSA) is 91.7 Å². The number of carbonyl (C=O) groups excluding carboxylic acids is 2. The van der Waals surface area contributed by atoms with Crippen molar-refractivity contribution in [2.24, 2.45) is 0 Å². The van der Waals surface area contributed by atoms with Crippen LogP contribution in [0.25, 0.3) is 0 Å². The van der Waals surface area contributed by atoms with Crippen LogP contribution < -0.4 is 10.1 Å². The summed E-state index contributed by atoms with van der Waals surface area (Å²) in [7, 11) is 1.58. The van der Waals surface area contributed by atoms with Gasteiger partial charge in [0.2, 0.25) is 0 Å². The van der Waals surface area contributed by atoms with Crippen molar-refractivity contribution < 1.29 is 23.8 Å². The first-order valence-electron chi connectivity index (χ1n) is 11.3. The Labute approximate surface area is 189 Å². The van der Waals surface area contributed by atoms with Crippen molar-refractivity contribution in [2.75, 3.05) is 33.5 Å². The van der Waals surface area contributed by atoms with E-state index in [1.807, 2.05) is 24.6 Å². The van der Waals surface area contributed by atoms with Gasteiger partial charge in [-0.05, 0) is 50.3 Å². The minimum atomic E-state index is -0.381. The Morgan fingerprint density at radius 1 is 1.28 bits per heavy atom. The summed E-state index contributed by atoms with van der Waals surface area (Å²) in [5, 5.41) is 7.68. The van der Waals surface area contributed by atoms with Crippen LogP contribution >= 0.6 is 0 Å². The van der Waals surface area contributed by atoms with Gasteiger partial charge >= 0.3 is 5.97 Å². The van der Waals surface area contributed by atoms with Gasteiger partial charge < -0.3 is 19.5 Å². The first-order chi connectivity index (χ1) is 15.5. The Morgan fingerprint density at radius 3 is 2.88 bits per heavy atom. The number of aromatic nitrogens is 2. The van der Waals surface area contributed by atoms with Crippen LogP contribution in [0, 0.1) is 6.92 Å². The van der Waals surface area contributed by atoms with Crippen LogP contribution in [0.2, 0.25) is 0 Å². The van der Waals surface area contributed by atoms with Gasteiger partial charge in [-0.25, -0.2) is 4.79 Å². The lowest BCUT2D eigenvalue weighted by Crippen LogP contribution is -2.26. The number of amides is 1. The molecule has 8 nitrogen and oxygen atoms in total. The number of nitrogens with zero attached hydrogens (tertiary/aromatic N) is 2. The molecule has 8 heteroatoms. The van der Waals surface area contributed by atoms with Gasteiger partial charge in [0.25, 0.3) is 5.91 Å². The van der Waals surface area contributed by atoms with Gasteiger partial charge in [0.1, 0.15) is 5.75 Å². The Bertz CT molecular complexity index is 938. The second-order valence-corrected chi connectivity index (χ2v) is 7.84. The van der Waals surface area contributed by atoms with E-state index < -0.39 is 0 Å². The number of fused-ring (bicyclic) bond motifs is 1. The molecule has 1 N–H and O–H groups in total. The van der Waals surface area contributed by atoms with Gasteiger partial charge in [0.05, 0.1) is 36.2 Å². The largest absolute Gasteiger partial charge is 0.496 e. The average molecular weight is 444 g/mol. The van der Waals surface area contributed by atoms with Crippen molar-refractivity contribution in [2.45, 2.75) is 52.5 Å². The van der Waals surface area contributed by atoms with Crippen LogP contribution in [-0.2, 0) is 28.9 Å². The van der Waals surface area contributed by atoms with Crippen molar-refractivity contribution in [3.8, 4) is 5.75 Å². The van der Waals surface area contributed by atoms with E-state index in [9.17, 15) is 9.59 Å². The zero-order chi connectivity index (χ0) is 22.9. The fourth-order valence-corrected chi connectivity index (χ4v) is 3.82. The van der Waals surface area contributed by atoms with Crippen molar-refractivity contribution in [3.05, 3.63) is 46.3 Å². The molecule has 0 atom stereocenters. The molecule has 1 amide bonds. The summed E-state index contributed by atoms with van der Waals surface area (Å²) in [4.78, 5) is 25.2. The highest BCUT2D eigenvalue weighted by atomic mass is 16.5. The van der Waals surface area contributed by atoms with Crippen LogP contribution in [-0.4, -0.2) is 55.1 Å². The Morgan fingerprint density at radius 2 is 2.09 bits per heavy atom. The van der Waals surface area contributed by atoms with E-state index in [4.69, 9.17) is 19.3 Å². The van der Waals surface area contributed by atoms with Crippen LogP contribution in [0.1, 0.15) is 63.9 Å². The standard InChI is InChI=1S/C24H33N3O5/c1-4-19-22-20(8-5-13-31-14-6-11-25-23(22)28)27(26-19)12-7-15-32-24(29)18-10-9-17(2)21(16-18)30-3/h9-10,16H,4-8,11-15H2,1-3H3,(H,25,28). The summed E-state index contributed by atoms with van der Waals surface area (Å²) in [5.41, 5.74) is 3.85. The lowest BCUT2D eigenvalue weighted by atomic mass is 10.1. The van der Waals surface area contributed by atoms with Crippen LogP contribution in [0.4, 0.5) is 0 Å². The normalized spacial score (nSPS) is 14.8. The number of aryl methyl sites for hydroxylation is 3. The third-order valence-electron chi connectivity index (χ3n) is 5.54. The molecule has 0 aliphatic carbocycles. The molecule has 1 aromatic carbocycles. The number of hydrogen-bond acceptors (Lipinski definition) is 6. The summed E-state index contributed by atoms with van der Waals surface area (Å²) < 4.78 is 18.3. The van der Waals surface area contributed by atoms with E-state index >= 15 is 0 Å². The molecule has 32 heavy (non-hydrogen) atoms. The third-order valence-corrected chi connectivity index (χ3v) is 5.54. The number of hydrogen-bond donors (Lipinski definition) is 1. The minimum absolute atomic E-state index is 0.0650. The molecule has 174 valence electrons. The molecule has 1 aliphatic heterocycles. The van der Waals surface area contributed by atoms with E-state index in [0.717, 1.165) is 36.2 Å². The molecule has 3 rings (SSSR count). The van der Waals surface area contributed by atoms with E-state index in [1.165, 1.54) is 0 Å². The molecular formula is C24H33N3O5. The van der Waals surface area contributed by atoms with Gasteiger partial charge in [0, 0.05) is 32.7 Å². The van der Waals surface area contributed by atoms with Crippen molar-refractivity contribution in [1.82, 2.24) is 15.1 Å². The summed E-state index contributed by atoms with van der Waals surface area (Å²) >= 11 is 0. The number of ether oxygens (including phenoxy) is 3. The number of methoxy groups -OCH3 is 1. The molecule has 0 fully saturated rings. The fraction of sp³-hybridized carbons (Fsp3) is 0.542. The number of nitrogens with one attached hydrogen (secondary N) is 1. The zero-order valence-electron chi connectivity index (χ0n) is 19.2. The Kier molecular flexibility index (Phi) is 8.67. The lowest BCUT2D eigenvalue weighted by Gasteiger charge is -2.11. The first kappa shape index (κ1) is 23.8. The summed E-state index contributed by atoms with van der Waals surface area (Å²) in [6.45, 7) is 6.67. The van der Waals surface area contributed by atoms with Crippen LogP contribution in [0.5, 0.6) is 5.75 Å². The first-order valence-corrected chi connectivity index (χ1v) is 11.3. The molecule has 0 spiro atoms. The number of rotatable bonds is 7. The maximum atomic E-state index is 12.8. The Hall–Kier alpha value is -2.87.